The molecule has 0 aliphatic heterocycles. The number of rotatable bonds is 7. The molecule has 1 amide bonds. The van der Waals surface area contributed by atoms with Crippen LogP contribution in [0.1, 0.15) is 31.9 Å². The van der Waals surface area contributed by atoms with E-state index in [-0.39, 0.29) is 22.1 Å². The number of benzene rings is 2. The molecule has 0 saturated carbocycles. The van der Waals surface area contributed by atoms with Gasteiger partial charge in [-0.25, -0.2) is 8.42 Å². The van der Waals surface area contributed by atoms with E-state index in [0.29, 0.717) is 11.4 Å². The highest BCUT2D eigenvalue weighted by atomic mass is 35.5. The summed E-state index contributed by atoms with van der Waals surface area (Å²) in [6.07, 6.45) is 1.89. The summed E-state index contributed by atoms with van der Waals surface area (Å²) in [7, 11) is -3.23. The quantitative estimate of drug-likeness (QED) is 0.681. The maximum atomic E-state index is 12.5. The van der Waals surface area contributed by atoms with Gasteiger partial charge in [-0.1, -0.05) is 30.7 Å². The maximum Gasteiger partial charge on any atom is 0.233 e. The summed E-state index contributed by atoms with van der Waals surface area (Å²) in [5.41, 5.74) is 0.886. The molecule has 26 heavy (non-hydrogen) atoms. The number of halogens is 1. The standard InChI is InChI=1S/C19H22ClNO3S2/c1-4-18(14-5-11-17(12-6-14)26(3,23)24)21-19(22)13(2)25-16-9-7-15(20)8-10-16/h5-13,18H,4H2,1-3H3,(H,21,22)/t13-,18+/m1/s1. The van der Waals surface area contributed by atoms with Crippen LogP contribution in [-0.4, -0.2) is 25.8 Å². The fourth-order valence-corrected chi connectivity index (χ4v) is 4.06. The fraction of sp³-hybridized carbons (Fsp3) is 0.316. The molecular formula is C19H22ClNO3S2. The van der Waals surface area contributed by atoms with E-state index >= 15 is 0 Å². The van der Waals surface area contributed by atoms with Crippen LogP contribution in [0.2, 0.25) is 5.02 Å². The minimum atomic E-state index is -3.23. The largest absolute Gasteiger partial charge is 0.348 e. The average Bonchev–Trinajstić information content (AvgIpc) is 2.60. The summed E-state index contributed by atoms with van der Waals surface area (Å²) >= 11 is 7.34. The van der Waals surface area contributed by atoms with Gasteiger partial charge in [-0.05, 0) is 55.3 Å². The summed E-state index contributed by atoms with van der Waals surface area (Å²) in [4.78, 5) is 13.8. The van der Waals surface area contributed by atoms with Crippen molar-refractivity contribution in [2.75, 3.05) is 6.26 Å². The van der Waals surface area contributed by atoms with Crippen molar-refractivity contribution in [2.24, 2.45) is 0 Å². The van der Waals surface area contributed by atoms with Gasteiger partial charge in [0.15, 0.2) is 9.84 Å². The third-order valence-electron chi connectivity index (χ3n) is 3.93. The molecule has 140 valence electrons. The third-order valence-corrected chi connectivity index (χ3v) is 6.42. The molecule has 0 fully saturated rings. The van der Waals surface area contributed by atoms with Crippen LogP contribution in [0.4, 0.5) is 0 Å². The molecular weight excluding hydrogens is 390 g/mol. The number of nitrogens with one attached hydrogen (secondary N) is 1. The molecule has 0 aromatic heterocycles. The first kappa shape index (κ1) is 20.8. The van der Waals surface area contributed by atoms with Crippen molar-refractivity contribution in [3.63, 3.8) is 0 Å². The Morgan fingerprint density at radius 1 is 1.12 bits per heavy atom. The second kappa shape index (κ2) is 8.93. The van der Waals surface area contributed by atoms with Crippen LogP contribution in [0.15, 0.2) is 58.3 Å². The van der Waals surface area contributed by atoms with Gasteiger partial charge in [0.2, 0.25) is 5.91 Å². The number of sulfone groups is 1. The van der Waals surface area contributed by atoms with Crippen molar-refractivity contribution < 1.29 is 13.2 Å². The number of carbonyl (C=O) groups is 1. The van der Waals surface area contributed by atoms with Gasteiger partial charge in [0.1, 0.15) is 0 Å². The first-order valence-corrected chi connectivity index (χ1v) is 11.4. The Labute approximate surface area is 164 Å². The van der Waals surface area contributed by atoms with Gasteiger partial charge < -0.3 is 5.32 Å². The first-order valence-electron chi connectivity index (χ1n) is 8.23. The maximum absolute atomic E-state index is 12.5. The topological polar surface area (TPSA) is 63.2 Å². The van der Waals surface area contributed by atoms with Gasteiger partial charge in [0, 0.05) is 16.2 Å². The van der Waals surface area contributed by atoms with Crippen LogP contribution >= 0.6 is 23.4 Å². The van der Waals surface area contributed by atoms with Crippen molar-refractivity contribution in [1.82, 2.24) is 5.32 Å². The predicted molar refractivity (Wildman–Crippen MR) is 107 cm³/mol. The number of carbonyl (C=O) groups excluding carboxylic acids is 1. The first-order chi connectivity index (χ1) is 12.2. The Morgan fingerprint density at radius 3 is 2.19 bits per heavy atom. The van der Waals surface area contributed by atoms with Gasteiger partial charge in [-0.3, -0.25) is 4.79 Å². The monoisotopic (exact) mass is 411 g/mol. The van der Waals surface area contributed by atoms with Crippen molar-refractivity contribution in [3.8, 4) is 0 Å². The second-order valence-electron chi connectivity index (χ2n) is 6.02. The van der Waals surface area contributed by atoms with Crippen molar-refractivity contribution in [2.45, 2.75) is 41.4 Å². The van der Waals surface area contributed by atoms with E-state index in [4.69, 9.17) is 11.6 Å². The van der Waals surface area contributed by atoms with Gasteiger partial charge in [-0.15, -0.1) is 11.8 Å². The van der Waals surface area contributed by atoms with Crippen molar-refractivity contribution in [3.05, 3.63) is 59.1 Å². The van der Waals surface area contributed by atoms with Crippen LogP contribution in [-0.2, 0) is 14.6 Å². The van der Waals surface area contributed by atoms with Gasteiger partial charge in [-0.2, -0.15) is 0 Å². The van der Waals surface area contributed by atoms with E-state index < -0.39 is 9.84 Å². The molecule has 0 spiro atoms. The Hall–Kier alpha value is -1.50. The summed E-state index contributed by atoms with van der Waals surface area (Å²) < 4.78 is 23.1. The van der Waals surface area contributed by atoms with Crippen molar-refractivity contribution >= 4 is 39.1 Å². The van der Waals surface area contributed by atoms with Crippen LogP contribution in [0.3, 0.4) is 0 Å². The lowest BCUT2D eigenvalue weighted by Gasteiger charge is -2.20. The lowest BCUT2D eigenvalue weighted by molar-refractivity contribution is -0.121. The molecule has 2 aromatic rings. The van der Waals surface area contributed by atoms with Gasteiger partial charge in [0.25, 0.3) is 0 Å². The van der Waals surface area contributed by atoms with Crippen LogP contribution in [0, 0.1) is 0 Å². The summed E-state index contributed by atoms with van der Waals surface area (Å²) in [5, 5.41) is 3.44. The lowest BCUT2D eigenvalue weighted by atomic mass is 10.0. The molecule has 0 heterocycles. The summed E-state index contributed by atoms with van der Waals surface area (Å²) in [6.45, 7) is 3.83. The highest BCUT2D eigenvalue weighted by Gasteiger charge is 2.19. The number of hydrogen-bond donors (Lipinski definition) is 1. The molecule has 7 heteroatoms. The van der Waals surface area contributed by atoms with E-state index in [1.54, 1.807) is 36.4 Å². The molecule has 0 unspecified atom stereocenters. The molecule has 2 atom stereocenters. The predicted octanol–water partition coefficient (Wildman–Crippen LogP) is 4.49. The number of amides is 1. The minimum Gasteiger partial charge on any atom is -0.348 e. The summed E-state index contributed by atoms with van der Waals surface area (Å²) in [6, 6.07) is 13.9. The average molecular weight is 412 g/mol. The highest BCUT2D eigenvalue weighted by molar-refractivity contribution is 8.00. The Bertz CT molecular complexity index is 849. The fourth-order valence-electron chi connectivity index (χ4n) is 2.43. The summed E-state index contributed by atoms with van der Waals surface area (Å²) in [5.74, 6) is -0.0658. The molecule has 4 nitrogen and oxygen atoms in total. The lowest BCUT2D eigenvalue weighted by Crippen LogP contribution is -2.34. The normalized spacial score (nSPS) is 13.8. The molecule has 2 aromatic carbocycles. The zero-order valence-corrected chi connectivity index (χ0v) is 17.3. The molecule has 2 rings (SSSR count). The Morgan fingerprint density at radius 2 is 1.69 bits per heavy atom. The molecule has 0 saturated heterocycles. The Kier molecular flexibility index (Phi) is 7.15. The minimum absolute atomic E-state index is 0.0658. The molecule has 0 aliphatic rings. The van der Waals surface area contributed by atoms with Gasteiger partial charge in [0.05, 0.1) is 16.2 Å². The van der Waals surface area contributed by atoms with E-state index in [1.807, 2.05) is 26.0 Å². The van der Waals surface area contributed by atoms with E-state index in [2.05, 4.69) is 5.32 Å². The van der Waals surface area contributed by atoms with E-state index in [0.717, 1.165) is 10.5 Å². The van der Waals surface area contributed by atoms with Crippen molar-refractivity contribution in [1.29, 1.82) is 0 Å². The van der Waals surface area contributed by atoms with Crippen LogP contribution in [0.5, 0.6) is 0 Å². The van der Waals surface area contributed by atoms with Gasteiger partial charge >= 0.3 is 0 Å². The SMILES string of the molecule is CC[C@H](NC(=O)[C@@H](C)Sc1ccc(Cl)cc1)c1ccc(S(C)(=O)=O)cc1. The molecule has 1 N–H and O–H groups in total. The molecule has 0 radical (unpaired) electrons. The van der Waals surface area contributed by atoms with E-state index in [1.165, 1.54) is 18.0 Å². The zero-order chi connectivity index (χ0) is 19.3. The molecule has 0 aliphatic carbocycles. The molecule has 0 bridgehead atoms. The number of thioether (sulfide) groups is 1. The number of hydrogen-bond acceptors (Lipinski definition) is 4. The van der Waals surface area contributed by atoms with Crippen LogP contribution < -0.4 is 5.32 Å². The smallest absolute Gasteiger partial charge is 0.233 e. The Balaban J connectivity index is 2.04. The van der Waals surface area contributed by atoms with E-state index in [9.17, 15) is 13.2 Å². The zero-order valence-electron chi connectivity index (χ0n) is 14.9. The third kappa shape index (κ3) is 5.76. The second-order valence-corrected chi connectivity index (χ2v) is 9.89. The highest BCUT2D eigenvalue weighted by Crippen LogP contribution is 2.26. The van der Waals surface area contributed by atoms with Crippen LogP contribution in [0.25, 0.3) is 0 Å².